The molecule has 0 aliphatic heterocycles. The van der Waals surface area contributed by atoms with Crippen LogP contribution in [0.2, 0.25) is 5.02 Å². The predicted molar refractivity (Wildman–Crippen MR) is 59.6 cm³/mol. The molecule has 0 bridgehead atoms. The summed E-state index contributed by atoms with van der Waals surface area (Å²) in [5, 5.41) is 13.1. The lowest BCUT2D eigenvalue weighted by molar-refractivity contribution is 0.187. The van der Waals surface area contributed by atoms with Gasteiger partial charge < -0.3 is 10.4 Å². The summed E-state index contributed by atoms with van der Waals surface area (Å²) in [7, 11) is 0. The fraction of sp³-hybridized carbons (Fsp3) is 0.455. The molecule has 0 heterocycles. The summed E-state index contributed by atoms with van der Waals surface area (Å²) in [5.74, 6) is 0. The van der Waals surface area contributed by atoms with E-state index in [-0.39, 0.29) is 12.1 Å². The van der Waals surface area contributed by atoms with E-state index >= 15 is 0 Å². The zero-order chi connectivity index (χ0) is 10.6. The molecule has 0 amide bonds. The number of aliphatic hydroxyl groups excluding tert-OH is 1. The summed E-state index contributed by atoms with van der Waals surface area (Å²) in [5.41, 5.74) is 1.06. The monoisotopic (exact) mass is 213 g/mol. The van der Waals surface area contributed by atoms with Crippen LogP contribution in [0.3, 0.4) is 0 Å². The molecule has 0 spiro atoms. The number of hydrogen-bond acceptors (Lipinski definition) is 2. The summed E-state index contributed by atoms with van der Waals surface area (Å²) >= 11 is 6.03. The average molecular weight is 214 g/mol. The lowest BCUT2D eigenvalue weighted by atomic mass is 10.1. The first-order valence-corrected chi connectivity index (χ1v) is 5.15. The molecule has 0 radical (unpaired) electrons. The second-order valence-corrected chi connectivity index (χ2v) is 3.91. The Morgan fingerprint density at radius 2 is 2.00 bits per heavy atom. The Morgan fingerprint density at radius 3 is 2.57 bits per heavy atom. The van der Waals surface area contributed by atoms with Gasteiger partial charge in [0.1, 0.15) is 0 Å². The number of hydrogen-bond donors (Lipinski definition) is 2. The third-order valence-electron chi connectivity index (χ3n) is 2.09. The van der Waals surface area contributed by atoms with Crippen LogP contribution in [0, 0.1) is 0 Å². The molecule has 78 valence electrons. The van der Waals surface area contributed by atoms with Crippen LogP contribution in [0.4, 0.5) is 0 Å². The van der Waals surface area contributed by atoms with Crippen LogP contribution in [-0.4, -0.2) is 17.8 Å². The van der Waals surface area contributed by atoms with Crippen molar-refractivity contribution in [1.29, 1.82) is 0 Å². The molecule has 0 saturated carbocycles. The molecule has 14 heavy (non-hydrogen) atoms. The van der Waals surface area contributed by atoms with Gasteiger partial charge in [0.05, 0.1) is 6.10 Å². The van der Waals surface area contributed by atoms with Gasteiger partial charge in [-0.25, -0.2) is 0 Å². The maximum atomic E-state index is 9.12. The lowest BCUT2D eigenvalue weighted by Crippen LogP contribution is -2.27. The van der Waals surface area contributed by atoms with Gasteiger partial charge in [-0.05, 0) is 25.5 Å². The van der Waals surface area contributed by atoms with Crippen molar-refractivity contribution in [2.24, 2.45) is 0 Å². The van der Waals surface area contributed by atoms with Crippen LogP contribution in [-0.2, 0) is 0 Å². The highest BCUT2D eigenvalue weighted by molar-refractivity contribution is 6.31. The van der Waals surface area contributed by atoms with Crippen molar-refractivity contribution < 1.29 is 5.11 Å². The van der Waals surface area contributed by atoms with Gasteiger partial charge in [0.25, 0.3) is 0 Å². The molecule has 3 heteroatoms. The van der Waals surface area contributed by atoms with Crippen molar-refractivity contribution in [3.8, 4) is 0 Å². The maximum absolute atomic E-state index is 9.12. The topological polar surface area (TPSA) is 32.3 Å². The van der Waals surface area contributed by atoms with Crippen LogP contribution < -0.4 is 5.32 Å². The molecule has 0 aliphatic rings. The van der Waals surface area contributed by atoms with E-state index in [9.17, 15) is 0 Å². The summed E-state index contributed by atoms with van der Waals surface area (Å²) in [6.07, 6.45) is -0.333. The molecular formula is C11H16ClNO. The minimum Gasteiger partial charge on any atom is -0.392 e. The number of aliphatic hydroxyl groups is 1. The third-order valence-corrected chi connectivity index (χ3v) is 2.44. The average Bonchev–Trinajstić information content (AvgIpc) is 2.15. The standard InChI is InChI=1S/C11H16ClNO/c1-8(14)7-13-9(2)10-5-3-4-6-11(10)12/h3-6,8-9,13-14H,7H2,1-2H3/t8-,9?/m0/s1. The summed E-state index contributed by atoms with van der Waals surface area (Å²) < 4.78 is 0. The maximum Gasteiger partial charge on any atom is 0.0636 e. The Bertz CT molecular complexity index is 288. The predicted octanol–water partition coefficient (Wildman–Crippen LogP) is 2.37. The minimum atomic E-state index is -0.333. The number of rotatable bonds is 4. The van der Waals surface area contributed by atoms with Gasteiger partial charge in [-0.3, -0.25) is 0 Å². The van der Waals surface area contributed by atoms with E-state index < -0.39 is 0 Å². The van der Waals surface area contributed by atoms with E-state index in [1.54, 1.807) is 6.92 Å². The van der Waals surface area contributed by atoms with Gasteiger partial charge in [0, 0.05) is 17.6 Å². The minimum absolute atomic E-state index is 0.165. The first-order chi connectivity index (χ1) is 6.61. The fourth-order valence-electron chi connectivity index (χ4n) is 1.28. The van der Waals surface area contributed by atoms with Gasteiger partial charge in [-0.1, -0.05) is 29.8 Å². The van der Waals surface area contributed by atoms with Gasteiger partial charge >= 0.3 is 0 Å². The van der Waals surface area contributed by atoms with E-state index in [0.717, 1.165) is 10.6 Å². The Labute approximate surface area is 89.9 Å². The Kier molecular flexibility index (Phi) is 4.39. The van der Waals surface area contributed by atoms with Crippen LogP contribution in [0.25, 0.3) is 0 Å². The highest BCUT2D eigenvalue weighted by Crippen LogP contribution is 2.21. The molecule has 1 aromatic carbocycles. The third kappa shape index (κ3) is 3.29. The Hall–Kier alpha value is -0.570. The second-order valence-electron chi connectivity index (χ2n) is 3.50. The highest BCUT2D eigenvalue weighted by Gasteiger charge is 2.08. The van der Waals surface area contributed by atoms with E-state index in [1.165, 1.54) is 0 Å². The fourth-order valence-corrected chi connectivity index (χ4v) is 1.58. The van der Waals surface area contributed by atoms with Crippen LogP contribution in [0.5, 0.6) is 0 Å². The zero-order valence-electron chi connectivity index (χ0n) is 8.50. The molecule has 0 aliphatic carbocycles. The van der Waals surface area contributed by atoms with Gasteiger partial charge in [-0.2, -0.15) is 0 Å². The van der Waals surface area contributed by atoms with E-state index in [2.05, 4.69) is 5.32 Å². The molecule has 2 N–H and O–H groups in total. The van der Waals surface area contributed by atoms with Crippen molar-refractivity contribution in [2.45, 2.75) is 26.0 Å². The van der Waals surface area contributed by atoms with Crippen molar-refractivity contribution in [3.63, 3.8) is 0 Å². The van der Waals surface area contributed by atoms with Crippen molar-refractivity contribution in [2.75, 3.05) is 6.54 Å². The Morgan fingerprint density at radius 1 is 1.36 bits per heavy atom. The van der Waals surface area contributed by atoms with Crippen molar-refractivity contribution in [3.05, 3.63) is 34.9 Å². The van der Waals surface area contributed by atoms with Crippen molar-refractivity contribution in [1.82, 2.24) is 5.32 Å². The van der Waals surface area contributed by atoms with Crippen LogP contribution >= 0.6 is 11.6 Å². The summed E-state index contributed by atoms with van der Waals surface area (Å²) in [6, 6.07) is 7.90. The first-order valence-electron chi connectivity index (χ1n) is 4.77. The summed E-state index contributed by atoms with van der Waals surface area (Å²) in [6.45, 7) is 4.36. The van der Waals surface area contributed by atoms with Crippen molar-refractivity contribution >= 4 is 11.6 Å². The summed E-state index contributed by atoms with van der Waals surface area (Å²) in [4.78, 5) is 0. The molecule has 0 fully saturated rings. The van der Waals surface area contributed by atoms with E-state index in [0.29, 0.717) is 6.54 Å². The SMILES string of the molecule is CC(NC[C@H](C)O)c1ccccc1Cl. The first kappa shape index (κ1) is 11.5. The normalized spacial score (nSPS) is 15.1. The number of nitrogens with one attached hydrogen (secondary N) is 1. The van der Waals surface area contributed by atoms with E-state index in [4.69, 9.17) is 16.7 Å². The smallest absolute Gasteiger partial charge is 0.0636 e. The molecule has 1 unspecified atom stereocenters. The second kappa shape index (κ2) is 5.35. The molecule has 1 aromatic rings. The molecular weight excluding hydrogens is 198 g/mol. The van der Waals surface area contributed by atoms with Crippen LogP contribution in [0.15, 0.2) is 24.3 Å². The van der Waals surface area contributed by atoms with Gasteiger partial charge in [0.2, 0.25) is 0 Å². The molecule has 1 rings (SSSR count). The van der Waals surface area contributed by atoms with Crippen LogP contribution in [0.1, 0.15) is 25.5 Å². The van der Waals surface area contributed by atoms with Gasteiger partial charge in [0.15, 0.2) is 0 Å². The van der Waals surface area contributed by atoms with Gasteiger partial charge in [-0.15, -0.1) is 0 Å². The number of halogens is 1. The Balaban J connectivity index is 2.60. The lowest BCUT2D eigenvalue weighted by Gasteiger charge is -2.16. The quantitative estimate of drug-likeness (QED) is 0.805. The number of benzene rings is 1. The molecule has 2 atom stereocenters. The zero-order valence-corrected chi connectivity index (χ0v) is 9.25. The van der Waals surface area contributed by atoms with E-state index in [1.807, 2.05) is 31.2 Å². The molecule has 0 saturated heterocycles. The highest BCUT2D eigenvalue weighted by atomic mass is 35.5. The largest absolute Gasteiger partial charge is 0.392 e. The molecule has 2 nitrogen and oxygen atoms in total. The molecule has 0 aromatic heterocycles.